The van der Waals surface area contributed by atoms with Crippen LogP contribution in [0.3, 0.4) is 0 Å². The lowest BCUT2D eigenvalue weighted by molar-refractivity contribution is 0.433. The summed E-state index contributed by atoms with van der Waals surface area (Å²) in [6.07, 6.45) is 3.28. The van der Waals surface area contributed by atoms with Gasteiger partial charge in [-0.3, -0.25) is 0 Å². The Morgan fingerprint density at radius 2 is 2.10 bits per heavy atom. The molecule has 0 saturated heterocycles. The number of nitrogens with one attached hydrogen (secondary N) is 1. The smallest absolute Gasteiger partial charge is 0.0683 e. The van der Waals surface area contributed by atoms with Gasteiger partial charge >= 0.3 is 0 Å². The fourth-order valence-electron chi connectivity index (χ4n) is 2.21. The van der Waals surface area contributed by atoms with Gasteiger partial charge in [-0.1, -0.05) is 25.5 Å². The maximum atomic E-state index is 8.99. The summed E-state index contributed by atoms with van der Waals surface area (Å²) in [4.78, 5) is 1.34. The van der Waals surface area contributed by atoms with Crippen LogP contribution in [-0.2, 0) is 0 Å². The molecule has 0 aliphatic heterocycles. The zero-order valence-electron chi connectivity index (χ0n) is 13.8. The minimum atomic E-state index is -0.175. The molecular weight excluding hydrogens is 276 g/mol. The summed E-state index contributed by atoms with van der Waals surface area (Å²) in [5, 5.41) is 12.4. The van der Waals surface area contributed by atoms with Crippen molar-refractivity contribution in [3.63, 3.8) is 0 Å². The van der Waals surface area contributed by atoms with Gasteiger partial charge in [0.15, 0.2) is 0 Å². The lowest BCUT2D eigenvalue weighted by Crippen LogP contribution is -2.17. The average Bonchev–Trinajstić information content (AvgIpc) is 2.47. The Balaban J connectivity index is 2.36. The van der Waals surface area contributed by atoms with Crippen LogP contribution in [0.4, 0.5) is 0 Å². The fourth-order valence-corrected chi connectivity index (χ4v) is 3.19. The summed E-state index contributed by atoms with van der Waals surface area (Å²) >= 11 is 1.92. The SMILES string of the molecule is CCNC(C)c1cccc(SCCCCC(C)(C)C#N)c1. The third-order valence-electron chi connectivity index (χ3n) is 3.64. The monoisotopic (exact) mass is 304 g/mol. The second-order valence-electron chi connectivity index (χ2n) is 6.15. The van der Waals surface area contributed by atoms with Crippen molar-refractivity contribution >= 4 is 11.8 Å². The Hall–Kier alpha value is -0.980. The van der Waals surface area contributed by atoms with Crippen molar-refractivity contribution in [3.05, 3.63) is 29.8 Å². The van der Waals surface area contributed by atoms with E-state index in [1.54, 1.807) is 0 Å². The van der Waals surface area contributed by atoms with Crippen LogP contribution in [0.15, 0.2) is 29.2 Å². The highest BCUT2D eigenvalue weighted by Crippen LogP contribution is 2.26. The first kappa shape index (κ1) is 18.1. The highest BCUT2D eigenvalue weighted by molar-refractivity contribution is 7.99. The third kappa shape index (κ3) is 7.02. The third-order valence-corrected chi connectivity index (χ3v) is 4.72. The first-order valence-corrected chi connectivity index (χ1v) is 8.84. The molecule has 116 valence electrons. The number of rotatable bonds is 9. The van der Waals surface area contributed by atoms with E-state index in [-0.39, 0.29) is 5.41 Å². The topological polar surface area (TPSA) is 35.8 Å². The van der Waals surface area contributed by atoms with E-state index in [0.29, 0.717) is 6.04 Å². The molecule has 1 unspecified atom stereocenters. The zero-order chi connectivity index (χ0) is 15.7. The number of nitrogens with zero attached hydrogens (tertiary/aromatic N) is 1. The molecule has 0 aliphatic rings. The van der Waals surface area contributed by atoms with Crippen molar-refractivity contribution in [2.45, 2.75) is 57.9 Å². The quantitative estimate of drug-likeness (QED) is 0.505. The molecule has 0 radical (unpaired) electrons. The number of hydrogen-bond donors (Lipinski definition) is 1. The van der Waals surface area contributed by atoms with Gasteiger partial charge in [0.1, 0.15) is 0 Å². The maximum absolute atomic E-state index is 8.99. The highest BCUT2D eigenvalue weighted by Gasteiger charge is 2.15. The van der Waals surface area contributed by atoms with Gasteiger partial charge in [-0.05, 0) is 63.6 Å². The summed E-state index contributed by atoms with van der Waals surface area (Å²) in [5.41, 5.74) is 1.18. The minimum Gasteiger partial charge on any atom is -0.310 e. The van der Waals surface area contributed by atoms with Crippen LogP contribution in [-0.4, -0.2) is 12.3 Å². The molecule has 0 bridgehead atoms. The molecule has 2 nitrogen and oxygen atoms in total. The van der Waals surface area contributed by atoms with Crippen LogP contribution in [0, 0.1) is 16.7 Å². The molecule has 0 aromatic heterocycles. The molecule has 0 amide bonds. The van der Waals surface area contributed by atoms with Crippen molar-refractivity contribution in [2.24, 2.45) is 5.41 Å². The summed E-state index contributed by atoms with van der Waals surface area (Å²) in [5.74, 6) is 1.13. The van der Waals surface area contributed by atoms with Gasteiger partial charge in [-0.2, -0.15) is 5.26 Å². The summed E-state index contributed by atoms with van der Waals surface area (Å²) in [7, 11) is 0. The molecular formula is C18H28N2S. The number of benzene rings is 1. The molecule has 0 aliphatic carbocycles. The van der Waals surface area contributed by atoms with Crippen LogP contribution in [0.5, 0.6) is 0 Å². The zero-order valence-corrected chi connectivity index (χ0v) is 14.6. The van der Waals surface area contributed by atoms with E-state index in [4.69, 9.17) is 5.26 Å². The van der Waals surface area contributed by atoms with E-state index < -0.39 is 0 Å². The standard InChI is InChI=1S/C18H28N2S/c1-5-20-15(2)16-9-8-10-17(13-16)21-12-7-6-11-18(3,4)14-19/h8-10,13,15,20H,5-7,11-12H2,1-4H3. The Kier molecular flexibility index (Phi) is 7.85. The Labute approximate surface area is 134 Å². The normalized spacial score (nSPS) is 12.9. The van der Waals surface area contributed by atoms with Crippen molar-refractivity contribution in [1.82, 2.24) is 5.32 Å². The van der Waals surface area contributed by atoms with Gasteiger partial charge in [-0.15, -0.1) is 11.8 Å². The van der Waals surface area contributed by atoms with Gasteiger partial charge in [-0.25, -0.2) is 0 Å². The van der Waals surface area contributed by atoms with Crippen LogP contribution >= 0.6 is 11.8 Å². The number of hydrogen-bond acceptors (Lipinski definition) is 3. The van der Waals surface area contributed by atoms with Gasteiger partial charge < -0.3 is 5.32 Å². The maximum Gasteiger partial charge on any atom is 0.0683 e. The summed E-state index contributed by atoms with van der Waals surface area (Å²) in [6, 6.07) is 11.6. The van der Waals surface area contributed by atoms with E-state index in [1.165, 1.54) is 16.9 Å². The first-order chi connectivity index (χ1) is 9.98. The van der Waals surface area contributed by atoms with Gasteiger partial charge in [0, 0.05) is 10.9 Å². The second-order valence-corrected chi connectivity index (χ2v) is 7.32. The van der Waals surface area contributed by atoms with E-state index in [1.807, 2.05) is 25.6 Å². The van der Waals surface area contributed by atoms with Crippen molar-refractivity contribution in [3.8, 4) is 6.07 Å². The first-order valence-electron chi connectivity index (χ1n) is 7.86. The largest absolute Gasteiger partial charge is 0.310 e. The van der Waals surface area contributed by atoms with Crippen LogP contribution in [0.2, 0.25) is 0 Å². The van der Waals surface area contributed by atoms with Gasteiger partial charge in [0.2, 0.25) is 0 Å². The molecule has 0 heterocycles. The number of unbranched alkanes of at least 4 members (excludes halogenated alkanes) is 1. The Morgan fingerprint density at radius 1 is 1.33 bits per heavy atom. The number of thioether (sulfide) groups is 1. The predicted octanol–water partition coefficient (Wildman–Crippen LogP) is 5.17. The summed E-state index contributed by atoms with van der Waals surface area (Å²) in [6.45, 7) is 9.37. The van der Waals surface area contributed by atoms with Crippen molar-refractivity contribution in [1.29, 1.82) is 5.26 Å². The fraction of sp³-hybridized carbons (Fsp3) is 0.611. The molecule has 0 fully saturated rings. The molecule has 0 saturated carbocycles. The van der Waals surface area contributed by atoms with Crippen molar-refractivity contribution in [2.75, 3.05) is 12.3 Å². The molecule has 21 heavy (non-hydrogen) atoms. The minimum absolute atomic E-state index is 0.175. The lowest BCUT2D eigenvalue weighted by atomic mass is 9.89. The molecule has 1 atom stereocenters. The Morgan fingerprint density at radius 3 is 2.76 bits per heavy atom. The lowest BCUT2D eigenvalue weighted by Gasteiger charge is -2.15. The van der Waals surface area contributed by atoms with E-state index in [0.717, 1.165) is 25.1 Å². The second kappa shape index (κ2) is 9.12. The molecule has 1 aromatic rings. The Bertz CT molecular complexity index is 463. The van der Waals surface area contributed by atoms with Crippen molar-refractivity contribution < 1.29 is 0 Å². The molecule has 1 aromatic carbocycles. The van der Waals surface area contributed by atoms with E-state index >= 15 is 0 Å². The highest BCUT2D eigenvalue weighted by atomic mass is 32.2. The van der Waals surface area contributed by atoms with Gasteiger partial charge in [0.25, 0.3) is 0 Å². The van der Waals surface area contributed by atoms with Crippen LogP contribution in [0.25, 0.3) is 0 Å². The van der Waals surface area contributed by atoms with Crippen LogP contribution < -0.4 is 5.32 Å². The number of nitriles is 1. The van der Waals surface area contributed by atoms with Gasteiger partial charge in [0.05, 0.1) is 11.5 Å². The molecule has 0 spiro atoms. The molecule has 1 rings (SSSR count). The van der Waals surface area contributed by atoms with Crippen LogP contribution in [0.1, 0.15) is 58.6 Å². The van der Waals surface area contributed by atoms with E-state index in [9.17, 15) is 0 Å². The van der Waals surface area contributed by atoms with E-state index in [2.05, 4.69) is 49.5 Å². The predicted molar refractivity (Wildman–Crippen MR) is 92.5 cm³/mol. The molecule has 3 heteroatoms. The average molecular weight is 305 g/mol. The summed E-state index contributed by atoms with van der Waals surface area (Å²) < 4.78 is 0. The molecule has 1 N–H and O–H groups in total.